The third-order valence-corrected chi connectivity index (χ3v) is 4.09. The first-order chi connectivity index (χ1) is 13.4. The van der Waals surface area contributed by atoms with E-state index in [1.807, 2.05) is 60.7 Å². The molecule has 0 unspecified atom stereocenters. The van der Waals surface area contributed by atoms with Gasteiger partial charge in [0.15, 0.2) is 0 Å². The van der Waals surface area contributed by atoms with Crippen molar-refractivity contribution in [1.82, 2.24) is 9.80 Å². The molecule has 2 nitrogen and oxygen atoms in total. The number of likely N-dealkylation sites (N-methyl/N-ethyl adjacent to an activating group) is 2. The molecular formula is C24H24F2N2. The van der Waals surface area contributed by atoms with E-state index in [1.54, 1.807) is 38.0 Å². The van der Waals surface area contributed by atoms with Gasteiger partial charge in [-0.05, 0) is 52.5 Å². The second-order valence-corrected chi connectivity index (χ2v) is 6.72. The lowest BCUT2D eigenvalue weighted by atomic mass is 9.98. The van der Waals surface area contributed by atoms with E-state index in [1.165, 1.54) is 0 Å². The molecule has 2 rings (SSSR count). The van der Waals surface area contributed by atoms with E-state index in [2.05, 4.69) is 23.7 Å². The predicted molar refractivity (Wildman–Crippen MR) is 111 cm³/mol. The van der Waals surface area contributed by atoms with Gasteiger partial charge in [0.2, 0.25) is 0 Å². The Morgan fingerprint density at radius 3 is 1.32 bits per heavy atom. The Hall–Kier alpha value is -2.92. The van der Waals surface area contributed by atoms with Crippen molar-refractivity contribution in [2.45, 2.75) is 12.1 Å². The zero-order valence-corrected chi connectivity index (χ0v) is 16.6. The molecule has 4 heteroatoms. The van der Waals surface area contributed by atoms with Gasteiger partial charge in [-0.1, -0.05) is 60.1 Å². The first-order valence-electron chi connectivity index (χ1n) is 8.91. The molecule has 0 bridgehead atoms. The van der Waals surface area contributed by atoms with Crippen LogP contribution in [0.3, 0.4) is 0 Å². The van der Waals surface area contributed by atoms with Gasteiger partial charge < -0.3 is 0 Å². The fraction of sp³-hybridized carbons (Fsp3) is 0.250. The van der Waals surface area contributed by atoms with E-state index in [0.717, 1.165) is 11.1 Å². The summed E-state index contributed by atoms with van der Waals surface area (Å²) in [5.41, 5.74) is 1.47. The summed E-state index contributed by atoms with van der Waals surface area (Å²) >= 11 is 0. The summed E-state index contributed by atoms with van der Waals surface area (Å²) in [6, 6.07) is 17.2. The Morgan fingerprint density at radius 2 is 1.04 bits per heavy atom. The molecule has 0 spiro atoms. The maximum atomic E-state index is 14.1. The number of nitrogens with zero attached hydrogens (tertiary/aromatic N) is 2. The highest BCUT2D eigenvalue weighted by atomic mass is 19.3. The molecule has 0 aromatic heterocycles. The Morgan fingerprint density at radius 1 is 0.679 bits per heavy atom. The molecule has 0 amide bonds. The molecule has 0 saturated carbocycles. The van der Waals surface area contributed by atoms with Gasteiger partial charge in [-0.2, -0.15) is 8.78 Å². The number of hydrogen-bond donors (Lipinski definition) is 0. The highest BCUT2D eigenvalue weighted by Crippen LogP contribution is 2.22. The monoisotopic (exact) mass is 378 g/mol. The van der Waals surface area contributed by atoms with Gasteiger partial charge >= 0.3 is 0 Å². The third kappa shape index (κ3) is 6.06. The van der Waals surface area contributed by atoms with Crippen LogP contribution in [0.5, 0.6) is 0 Å². The van der Waals surface area contributed by atoms with Crippen LogP contribution in [-0.4, -0.2) is 50.1 Å². The molecule has 2 aromatic rings. The fourth-order valence-electron chi connectivity index (χ4n) is 2.67. The number of halogens is 2. The van der Waals surface area contributed by atoms with Crippen molar-refractivity contribution in [3.63, 3.8) is 0 Å². The Labute approximate surface area is 166 Å². The fourth-order valence-corrected chi connectivity index (χ4v) is 2.67. The molecule has 0 aliphatic rings. The minimum Gasteiger partial charge on any atom is -0.292 e. The summed E-state index contributed by atoms with van der Waals surface area (Å²) in [5, 5.41) is 0. The van der Waals surface area contributed by atoms with E-state index in [-0.39, 0.29) is 5.57 Å². The summed E-state index contributed by atoms with van der Waals surface area (Å²) in [6.07, 6.45) is -1.75. The Bertz CT molecular complexity index is 836. The molecule has 0 heterocycles. The van der Waals surface area contributed by atoms with Crippen molar-refractivity contribution >= 4 is 0 Å². The van der Waals surface area contributed by atoms with Gasteiger partial charge in [-0.25, -0.2) is 0 Å². The summed E-state index contributed by atoms with van der Waals surface area (Å²) in [5.74, 6) is 12.0. The Balaban J connectivity index is 2.45. The van der Waals surface area contributed by atoms with Crippen molar-refractivity contribution in [3.05, 3.63) is 83.4 Å². The van der Waals surface area contributed by atoms with Crippen molar-refractivity contribution in [3.8, 4) is 23.7 Å². The second kappa shape index (κ2) is 10.4. The smallest absolute Gasteiger partial charge is 0.274 e. The molecule has 0 radical (unpaired) electrons. The van der Waals surface area contributed by atoms with Gasteiger partial charge in [-0.3, -0.25) is 9.80 Å². The molecule has 0 saturated heterocycles. The quantitative estimate of drug-likeness (QED) is 0.739. The second-order valence-electron chi connectivity index (χ2n) is 6.72. The molecule has 28 heavy (non-hydrogen) atoms. The van der Waals surface area contributed by atoms with Crippen LogP contribution in [0, 0.1) is 23.7 Å². The molecule has 0 aliphatic heterocycles. The summed E-state index contributed by atoms with van der Waals surface area (Å²) in [6.45, 7) is 0. The van der Waals surface area contributed by atoms with Gasteiger partial charge in [0.25, 0.3) is 6.08 Å². The molecule has 0 N–H and O–H groups in total. The summed E-state index contributed by atoms with van der Waals surface area (Å²) in [4.78, 5) is 3.37. The third-order valence-electron chi connectivity index (χ3n) is 4.09. The lowest BCUT2D eigenvalue weighted by molar-refractivity contribution is 0.296. The van der Waals surface area contributed by atoms with Crippen LogP contribution in [-0.2, 0) is 0 Å². The van der Waals surface area contributed by atoms with Gasteiger partial charge in [0.05, 0.1) is 5.57 Å². The lowest BCUT2D eigenvalue weighted by Crippen LogP contribution is -2.39. The molecular weight excluding hydrogens is 354 g/mol. The molecule has 0 aliphatic carbocycles. The van der Waals surface area contributed by atoms with Crippen LogP contribution in [0.4, 0.5) is 8.78 Å². The SMILES string of the molecule is CN(C)[C@H](C#Cc1ccccc1)C(=C(F)F)[C@@H](C#Cc1ccccc1)N(C)C. The van der Waals surface area contributed by atoms with Crippen LogP contribution in [0.2, 0.25) is 0 Å². The minimum absolute atomic E-state index is 0.0955. The number of rotatable bonds is 4. The topological polar surface area (TPSA) is 6.48 Å². The average molecular weight is 378 g/mol. The number of hydrogen-bond acceptors (Lipinski definition) is 2. The first kappa shape index (κ1) is 21.4. The molecule has 2 aromatic carbocycles. The van der Waals surface area contributed by atoms with Gasteiger partial charge in [0, 0.05) is 11.1 Å². The van der Waals surface area contributed by atoms with Crippen LogP contribution < -0.4 is 0 Å². The van der Waals surface area contributed by atoms with Crippen molar-refractivity contribution in [2.75, 3.05) is 28.2 Å². The van der Waals surface area contributed by atoms with E-state index in [0.29, 0.717) is 0 Å². The largest absolute Gasteiger partial charge is 0.292 e. The maximum Gasteiger partial charge on any atom is 0.274 e. The van der Waals surface area contributed by atoms with Crippen molar-refractivity contribution in [2.24, 2.45) is 0 Å². The molecule has 0 fully saturated rings. The van der Waals surface area contributed by atoms with E-state index < -0.39 is 18.2 Å². The van der Waals surface area contributed by atoms with E-state index in [9.17, 15) is 8.78 Å². The van der Waals surface area contributed by atoms with Crippen molar-refractivity contribution < 1.29 is 8.78 Å². The number of benzene rings is 2. The van der Waals surface area contributed by atoms with E-state index >= 15 is 0 Å². The molecule has 144 valence electrons. The molecule has 2 atom stereocenters. The zero-order chi connectivity index (χ0) is 20.5. The normalized spacial score (nSPS) is 12.4. The summed E-state index contributed by atoms with van der Waals surface area (Å²) < 4.78 is 28.1. The summed E-state index contributed by atoms with van der Waals surface area (Å²) in [7, 11) is 6.96. The van der Waals surface area contributed by atoms with Crippen LogP contribution >= 0.6 is 0 Å². The zero-order valence-electron chi connectivity index (χ0n) is 16.6. The first-order valence-corrected chi connectivity index (χ1v) is 8.91. The van der Waals surface area contributed by atoms with Crippen LogP contribution in [0.25, 0.3) is 0 Å². The Kier molecular flexibility index (Phi) is 7.96. The standard InChI is InChI=1S/C24H24F2N2/c1-27(2)21(17-15-19-11-7-5-8-12-19)23(24(25)26)22(28(3)4)18-16-20-13-9-6-10-14-20/h5-14,21-22H,1-4H3/t21-,22-/m1/s1. The average Bonchev–Trinajstić information content (AvgIpc) is 2.67. The van der Waals surface area contributed by atoms with E-state index in [4.69, 9.17) is 0 Å². The van der Waals surface area contributed by atoms with Gasteiger partial charge in [0.1, 0.15) is 12.1 Å². The van der Waals surface area contributed by atoms with Gasteiger partial charge in [-0.15, -0.1) is 0 Å². The van der Waals surface area contributed by atoms with Crippen LogP contribution in [0.1, 0.15) is 11.1 Å². The predicted octanol–water partition coefficient (Wildman–Crippen LogP) is 4.10. The van der Waals surface area contributed by atoms with Crippen molar-refractivity contribution in [1.29, 1.82) is 0 Å². The highest BCUT2D eigenvalue weighted by molar-refractivity contribution is 5.43. The maximum absolute atomic E-state index is 14.1. The highest BCUT2D eigenvalue weighted by Gasteiger charge is 2.28. The van der Waals surface area contributed by atoms with Crippen LogP contribution in [0.15, 0.2) is 72.3 Å². The lowest BCUT2D eigenvalue weighted by Gasteiger charge is -2.28. The minimum atomic E-state index is -1.75.